The molecule has 0 saturated carbocycles. The molecule has 0 aliphatic carbocycles. The van der Waals surface area contributed by atoms with Crippen molar-refractivity contribution in [1.82, 2.24) is 0 Å². The highest BCUT2D eigenvalue weighted by Gasteiger charge is 2.01. The minimum atomic E-state index is 0.121. The van der Waals surface area contributed by atoms with E-state index in [0.29, 0.717) is 6.42 Å². The first kappa shape index (κ1) is 9.49. The molecule has 0 radical (unpaired) electrons. The highest BCUT2D eigenvalue weighted by molar-refractivity contribution is 7.16. The van der Waals surface area contributed by atoms with E-state index in [-0.39, 0.29) is 5.78 Å². The Bertz CT molecular complexity index is 301. The molecule has 0 aromatic carbocycles. The zero-order valence-corrected chi connectivity index (χ0v) is 8.28. The Hall–Kier alpha value is -0.600. The topological polar surface area (TPSA) is 17.1 Å². The number of allylic oxidation sites excluding steroid dienone is 2. The molecule has 0 fully saturated rings. The van der Waals surface area contributed by atoms with Crippen LogP contribution in [0.1, 0.15) is 11.8 Å². The summed E-state index contributed by atoms with van der Waals surface area (Å²) in [6, 6.07) is 3.69. The van der Waals surface area contributed by atoms with Gasteiger partial charge in [0.1, 0.15) is 0 Å². The Kier molecular flexibility index (Phi) is 3.50. The molecule has 0 N–H and O–H groups in total. The fraction of sp³-hybridized carbons (Fsp3) is 0.222. The van der Waals surface area contributed by atoms with Gasteiger partial charge in [0.05, 0.1) is 4.34 Å². The largest absolute Gasteiger partial charge is 0.294 e. The fourth-order valence-electron chi connectivity index (χ4n) is 0.863. The van der Waals surface area contributed by atoms with E-state index < -0.39 is 0 Å². The van der Waals surface area contributed by atoms with E-state index in [1.165, 1.54) is 11.3 Å². The van der Waals surface area contributed by atoms with Gasteiger partial charge in [-0.05, 0) is 25.1 Å². The minimum absolute atomic E-state index is 0.121. The summed E-state index contributed by atoms with van der Waals surface area (Å²) in [6.07, 6.45) is 3.78. The summed E-state index contributed by atoms with van der Waals surface area (Å²) in [6.45, 7) is 1.83. The molecule has 0 atom stereocenters. The van der Waals surface area contributed by atoms with Crippen molar-refractivity contribution < 1.29 is 4.79 Å². The van der Waals surface area contributed by atoms with E-state index in [4.69, 9.17) is 11.6 Å². The molecule has 0 amide bonds. The van der Waals surface area contributed by atoms with Crippen LogP contribution in [0.3, 0.4) is 0 Å². The zero-order valence-electron chi connectivity index (χ0n) is 6.71. The van der Waals surface area contributed by atoms with E-state index in [1.54, 1.807) is 12.2 Å². The molecule has 12 heavy (non-hydrogen) atoms. The van der Waals surface area contributed by atoms with Crippen molar-refractivity contribution in [2.24, 2.45) is 0 Å². The molecule has 1 rings (SSSR count). The molecule has 1 heterocycles. The number of carbonyl (C=O) groups excluding carboxylic acids is 1. The Morgan fingerprint density at radius 3 is 2.92 bits per heavy atom. The lowest BCUT2D eigenvalue weighted by Crippen LogP contribution is -1.95. The maximum absolute atomic E-state index is 11.1. The number of halogens is 1. The molecule has 64 valence electrons. The monoisotopic (exact) mass is 200 g/mol. The number of carbonyl (C=O) groups is 1. The molecule has 3 heteroatoms. The van der Waals surface area contributed by atoms with Crippen LogP contribution in [0.2, 0.25) is 4.34 Å². The molecular formula is C9H9ClOS. The molecule has 0 spiro atoms. The summed E-state index contributed by atoms with van der Waals surface area (Å²) in [5.41, 5.74) is 0. The van der Waals surface area contributed by atoms with Crippen LogP contribution in [0.4, 0.5) is 0 Å². The SMILES string of the molecule is C/C=C/C(=O)Cc1ccc(Cl)s1. The lowest BCUT2D eigenvalue weighted by molar-refractivity contribution is -0.113. The number of hydrogen-bond donors (Lipinski definition) is 0. The summed E-state index contributed by atoms with van der Waals surface area (Å²) in [5.74, 6) is 0.121. The van der Waals surface area contributed by atoms with Gasteiger partial charge in [-0.2, -0.15) is 0 Å². The minimum Gasteiger partial charge on any atom is -0.294 e. The molecule has 0 unspecified atom stereocenters. The van der Waals surface area contributed by atoms with Crippen LogP contribution in [0.25, 0.3) is 0 Å². The van der Waals surface area contributed by atoms with Crippen LogP contribution in [0.15, 0.2) is 24.3 Å². The van der Waals surface area contributed by atoms with Gasteiger partial charge < -0.3 is 0 Å². The molecule has 0 aliphatic rings. The van der Waals surface area contributed by atoms with Gasteiger partial charge in [-0.1, -0.05) is 17.7 Å². The van der Waals surface area contributed by atoms with Gasteiger partial charge in [-0.25, -0.2) is 0 Å². The molecular weight excluding hydrogens is 192 g/mol. The molecule has 0 bridgehead atoms. The van der Waals surface area contributed by atoms with Crippen LogP contribution in [0.5, 0.6) is 0 Å². The third kappa shape index (κ3) is 2.80. The number of ketones is 1. The molecule has 1 aromatic heterocycles. The Morgan fingerprint density at radius 2 is 2.42 bits per heavy atom. The summed E-state index contributed by atoms with van der Waals surface area (Å²) in [7, 11) is 0. The standard InChI is InChI=1S/C9H9ClOS/c1-2-3-7(11)6-8-4-5-9(10)12-8/h2-5H,6H2,1H3/b3-2+. The highest BCUT2D eigenvalue weighted by atomic mass is 35.5. The summed E-state index contributed by atoms with van der Waals surface area (Å²) < 4.78 is 0.735. The molecule has 0 aliphatic heterocycles. The first-order valence-corrected chi connectivity index (χ1v) is 4.81. The van der Waals surface area contributed by atoms with Gasteiger partial charge in [0, 0.05) is 11.3 Å². The third-order valence-corrected chi connectivity index (χ3v) is 2.56. The summed E-state index contributed by atoms with van der Waals surface area (Å²) in [5, 5.41) is 0. The Morgan fingerprint density at radius 1 is 1.67 bits per heavy atom. The maximum atomic E-state index is 11.1. The summed E-state index contributed by atoms with van der Waals surface area (Å²) >= 11 is 7.16. The third-order valence-electron chi connectivity index (χ3n) is 1.33. The predicted octanol–water partition coefficient (Wildman–Crippen LogP) is 3.09. The number of hydrogen-bond acceptors (Lipinski definition) is 2. The normalized spacial score (nSPS) is 10.8. The second-order valence-electron chi connectivity index (χ2n) is 2.35. The van der Waals surface area contributed by atoms with Gasteiger partial charge in [-0.3, -0.25) is 4.79 Å². The van der Waals surface area contributed by atoms with Gasteiger partial charge in [0.25, 0.3) is 0 Å². The van der Waals surface area contributed by atoms with Crippen LogP contribution >= 0.6 is 22.9 Å². The van der Waals surface area contributed by atoms with Crippen molar-refractivity contribution >= 4 is 28.7 Å². The van der Waals surface area contributed by atoms with Crippen LogP contribution in [-0.4, -0.2) is 5.78 Å². The van der Waals surface area contributed by atoms with Crippen LogP contribution < -0.4 is 0 Å². The van der Waals surface area contributed by atoms with Crippen LogP contribution in [-0.2, 0) is 11.2 Å². The van der Waals surface area contributed by atoms with Crippen molar-refractivity contribution in [1.29, 1.82) is 0 Å². The van der Waals surface area contributed by atoms with Gasteiger partial charge in [-0.15, -0.1) is 11.3 Å². The van der Waals surface area contributed by atoms with Crippen molar-refractivity contribution in [2.75, 3.05) is 0 Å². The van der Waals surface area contributed by atoms with Crippen molar-refractivity contribution in [2.45, 2.75) is 13.3 Å². The van der Waals surface area contributed by atoms with Crippen molar-refractivity contribution in [3.05, 3.63) is 33.5 Å². The Balaban J connectivity index is 2.58. The fourth-order valence-corrected chi connectivity index (χ4v) is 1.96. The van der Waals surface area contributed by atoms with Gasteiger partial charge in [0.2, 0.25) is 0 Å². The first-order chi connectivity index (χ1) is 5.72. The van der Waals surface area contributed by atoms with E-state index >= 15 is 0 Å². The number of rotatable bonds is 3. The van der Waals surface area contributed by atoms with Crippen molar-refractivity contribution in [3.63, 3.8) is 0 Å². The smallest absolute Gasteiger partial charge is 0.160 e. The maximum Gasteiger partial charge on any atom is 0.160 e. The average molecular weight is 201 g/mol. The van der Waals surface area contributed by atoms with E-state index in [1.807, 2.05) is 19.1 Å². The molecule has 1 nitrogen and oxygen atoms in total. The second-order valence-corrected chi connectivity index (χ2v) is 4.15. The number of thiophene rings is 1. The lowest BCUT2D eigenvalue weighted by Gasteiger charge is -1.89. The van der Waals surface area contributed by atoms with Gasteiger partial charge in [0.15, 0.2) is 5.78 Å². The van der Waals surface area contributed by atoms with Gasteiger partial charge >= 0.3 is 0 Å². The molecule has 0 saturated heterocycles. The van der Waals surface area contributed by atoms with E-state index in [0.717, 1.165) is 9.21 Å². The first-order valence-electron chi connectivity index (χ1n) is 3.62. The van der Waals surface area contributed by atoms with Crippen LogP contribution in [0, 0.1) is 0 Å². The van der Waals surface area contributed by atoms with E-state index in [9.17, 15) is 4.79 Å². The Labute approximate surface area is 80.7 Å². The highest BCUT2D eigenvalue weighted by Crippen LogP contribution is 2.21. The van der Waals surface area contributed by atoms with E-state index in [2.05, 4.69) is 0 Å². The average Bonchev–Trinajstić information content (AvgIpc) is 2.36. The molecule has 1 aromatic rings. The quantitative estimate of drug-likeness (QED) is 0.686. The zero-order chi connectivity index (χ0) is 8.97. The van der Waals surface area contributed by atoms with Crippen molar-refractivity contribution in [3.8, 4) is 0 Å². The second kappa shape index (κ2) is 4.43. The lowest BCUT2D eigenvalue weighted by atomic mass is 10.2. The summed E-state index contributed by atoms with van der Waals surface area (Å²) in [4.78, 5) is 12.1. The predicted molar refractivity (Wildman–Crippen MR) is 52.9 cm³/mol.